The molecule has 2 aromatic carbocycles. The van der Waals surface area contributed by atoms with E-state index in [1.54, 1.807) is 12.1 Å². The molecule has 0 unspecified atom stereocenters. The number of benzene rings is 2. The zero-order valence-electron chi connectivity index (χ0n) is 10.7. The van der Waals surface area contributed by atoms with Gasteiger partial charge in [0.2, 0.25) is 0 Å². The largest absolute Gasteiger partial charge is 0.416 e. The Hall–Kier alpha value is -1.25. The molecule has 0 aliphatic rings. The maximum absolute atomic E-state index is 12.8. The van der Waals surface area contributed by atoms with Crippen molar-refractivity contribution in [2.45, 2.75) is 11.1 Å². The SMILES string of the molecule is O=S(=O)(Nc1ccccc1Cl)c1cc(Br)cc(C(F)(F)F)c1. The smallest absolute Gasteiger partial charge is 0.278 e. The average Bonchev–Trinajstić information content (AvgIpc) is 2.39. The third kappa shape index (κ3) is 3.93. The summed E-state index contributed by atoms with van der Waals surface area (Å²) in [6.45, 7) is 0. The van der Waals surface area contributed by atoms with Crippen LogP contribution in [0.3, 0.4) is 0 Å². The number of sulfonamides is 1. The number of para-hydroxylation sites is 1. The first-order chi connectivity index (χ1) is 10.1. The Bertz CT molecular complexity index is 809. The van der Waals surface area contributed by atoms with Crippen molar-refractivity contribution in [3.05, 3.63) is 57.5 Å². The average molecular weight is 415 g/mol. The third-order valence-electron chi connectivity index (χ3n) is 2.63. The Kier molecular flexibility index (Phi) is 4.74. The number of anilines is 1. The van der Waals surface area contributed by atoms with Gasteiger partial charge in [0.1, 0.15) is 0 Å². The molecule has 0 aliphatic heterocycles. The number of hydrogen-bond acceptors (Lipinski definition) is 2. The van der Waals surface area contributed by atoms with Gasteiger partial charge in [0.25, 0.3) is 10.0 Å². The topological polar surface area (TPSA) is 46.2 Å². The molecule has 0 bridgehead atoms. The second-order valence-electron chi connectivity index (χ2n) is 4.26. The highest BCUT2D eigenvalue weighted by molar-refractivity contribution is 9.10. The van der Waals surface area contributed by atoms with Gasteiger partial charge in [-0.1, -0.05) is 39.7 Å². The van der Waals surface area contributed by atoms with Gasteiger partial charge < -0.3 is 0 Å². The zero-order valence-corrected chi connectivity index (χ0v) is 13.8. The molecule has 0 aliphatic carbocycles. The highest BCUT2D eigenvalue weighted by Gasteiger charge is 2.32. The molecular formula is C13H8BrClF3NO2S. The van der Waals surface area contributed by atoms with Crippen LogP contribution in [-0.2, 0) is 16.2 Å². The number of halogens is 5. The van der Waals surface area contributed by atoms with E-state index in [0.29, 0.717) is 6.07 Å². The number of nitrogens with one attached hydrogen (secondary N) is 1. The molecule has 0 fully saturated rings. The minimum atomic E-state index is -4.65. The van der Waals surface area contributed by atoms with Gasteiger partial charge in [-0.25, -0.2) is 8.42 Å². The van der Waals surface area contributed by atoms with E-state index in [2.05, 4.69) is 20.7 Å². The molecule has 118 valence electrons. The molecule has 2 rings (SSSR count). The Morgan fingerprint density at radius 2 is 1.73 bits per heavy atom. The van der Waals surface area contributed by atoms with Gasteiger partial charge in [0.15, 0.2) is 0 Å². The first-order valence-electron chi connectivity index (χ1n) is 5.75. The fraction of sp³-hybridized carbons (Fsp3) is 0.0769. The summed E-state index contributed by atoms with van der Waals surface area (Å²) in [7, 11) is -4.21. The molecule has 1 N–H and O–H groups in total. The predicted octanol–water partition coefficient (Wildman–Crippen LogP) is 4.92. The van der Waals surface area contributed by atoms with Gasteiger partial charge in [0, 0.05) is 4.47 Å². The van der Waals surface area contributed by atoms with Gasteiger partial charge in [-0.2, -0.15) is 13.2 Å². The molecule has 0 aromatic heterocycles. The third-order valence-corrected chi connectivity index (χ3v) is 4.76. The first-order valence-corrected chi connectivity index (χ1v) is 8.40. The van der Waals surface area contributed by atoms with Crippen molar-refractivity contribution >= 4 is 43.2 Å². The van der Waals surface area contributed by atoms with Crippen LogP contribution in [0, 0.1) is 0 Å². The molecule has 0 radical (unpaired) electrons. The lowest BCUT2D eigenvalue weighted by molar-refractivity contribution is -0.137. The summed E-state index contributed by atoms with van der Waals surface area (Å²) in [5.74, 6) is 0. The van der Waals surface area contributed by atoms with Crippen LogP contribution < -0.4 is 4.72 Å². The van der Waals surface area contributed by atoms with Crippen LogP contribution in [0.4, 0.5) is 18.9 Å². The molecular weight excluding hydrogens is 407 g/mol. The lowest BCUT2D eigenvalue weighted by Gasteiger charge is -2.12. The molecule has 22 heavy (non-hydrogen) atoms. The summed E-state index contributed by atoms with van der Waals surface area (Å²) in [6.07, 6.45) is -4.65. The van der Waals surface area contributed by atoms with Gasteiger partial charge in [-0.05, 0) is 30.3 Å². The van der Waals surface area contributed by atoms with Crippen LogP contribution in [0.25, 0.3) is 0 Å². The molecule has 3 nitrogen and oxygen atoms in total. The van der Waals surface area contributed by atoms with Gasteiger partial charge in [-0.15, -0.1) is 0 Å². The summed E-state index contributed by atoms with van der Waals surface area (Å²) < 4.78 is 64.9. The maximum atomic E-state index is 12.8. The summed E-state index contributed by atoms with van der Waals surface area (Å²) >= 11 is 8.72. The minimum Gasteiger partial charge on any atom is -0.278 e. The molecule has 0 amide bonds. The predicted molar refractivity (Wildman–Crippen MR) is 81.4 cm³/mol. The van der Waals surface area contributed by atoms with Crippen molar-refractivity contribution in [3.8, 4) is 0 Å². The van der Waals surface area contributed by atoms with Crippen LogP contribution in [-0.4, -0.2) is 8.42 Å². The number of hydrogen-bond donors (Lipinski definition) is 1. The van der Waals surface area contributed by atoms with Gasteiger partial charge in [-0.3, -0.25) is 4.72 Å². The molecule has 0 spiro atoms. The van der Waals surface area contributed by atoms with Gasteiger partial charge >= 0.3 is 6.18 Å². The Morgan fingerprint density at radius 3 is 2.32 bits per heavy atom. The monoisotopic (exact) mass is 413 g/mol. The van der Waals surface area contributed by atoms with Crippen LogP contribution in [0.2, 0.25) is 5.02 Å². The van der Waals surface area contributed by atoms with E-state index >= 15 is 0 Å². The van der Waals surface area contributed by atoms with Crippen molar-refractivity contribution in [1.82, 2.24) is 0 Å². The van der Waals surface area contributed by atoms with Crippen LogP contribution >= 0.6 is 27.5 Å². The Balaban J connectivity index is 2.46. The van der Waals surface area contributed by atoms with E-state index in [0.717, 1.165) is 12.1 Å². The van der Waals surface area contributed by atoms with Crippen molar-refractivity contribution in [3.63, 3.8) is 0 Å². The second-order valence-corrected chi connectivity index (χ2v) is 7.26. The Morgan fingerprint density at radius 1 is 1.09 bits per heavy atom. The normalized spacial score (nSPS) is 12.2. The van der Waals surface area contributed by atoms with Crippen molar-refractivity contribution in [1.29, 1.82) is 0 Å². The zero-order chi connectivity index (χ0) is 16.5. The fourth-order valence-electron chi connectivity index (χ4n) is 1.63. The van der Waals surface area contributed by atoms with E-state index in [1.165, 1.54) is 12.1 Å². The molecule has 0 saturated heterocycles. The van der Waals surface area contributed by atoms with Crippen molar-refractivity contribution < 1.29 is 21.6 Å². The number of rotatable bonds is 3. The lowest BCUT2D eigenvalue weighted by atomic mass is 10.2. The van der Waals surface area contributed by atoms with Crippen molar-refractivity contribution in [2.24, 2.45) is 0 Å². The van der Waals surface area contributed by atoms with Gasteiger partial charge in [0.05, 0.1) is 21.2 Å². The highest BCUT2D eigenvalue weighted by Crippen LogP contribution is 2.34. The summed E-state index contributed by atoms with van der Waals surface area (Å²) in [4.78, 5) is -0.519. The van der Waals surface area contributed by atoms with E-state index in [9.17, 15) is 21.6 Å². The quantitative estimate of drug-likeness (QED) is 0.775. The molecule has 2 aromatic rings. The second kappa shape index (κ2) is 6.10. The molecule has 0 atom stereocenters. The van der Waals surface area contributed by atoms with Crippen LogP contribution in [0.15, 0.2) is 51.8 Å². The maximum Gasteiger partial charge on any atom is 0.416 e. The van der Waals surface area contributed by atoms with Crippen LogP contribution in [0.1, 0.15) is 5.56 Å². The Labute approximate surface area is 138 Å². The standard InChI is InChI=1S/C13H8BrClF3NO2S/c14-9-5-8(13(16,17)18)6-10(7-9)22(20,21)19-12-4-2-1-3-11(12)15/h1-7,19H. The van der Waals surface area contributed by atoms with E-state index in [-0.39, 0.29) is 15.2 Å². The first kappa shape index (κ1) is 17.1. The lowest BCUT2D eigenvalue weighted by Crippen LogP contribution is -2.15. The van der Waals surface area contributed by atoms with Crippen molar-refractivity contribution in [2.75, 3.05) is 4.72 Å². The van der Waals surface area contributed by atoms with E-state index < -0.39 is 26.7 Å². The summed E-state index contributed by atoms with van der Waals surface area (Å²) in [5, 5.41) is 0.136. The number of alkyl halides is 3. The molecule has 0 heterocycles. The van der Waals surface area contributed by atoms with E-state index in [4.69, 9.17) is 11.6 Å². The fourth-order valence-corrected chi connectivity index (χ4v) is 3.66. The minimum absolute atomic E-state index is 0.00172. The molecule has 9 heteroatoms. The van der Waals surface area contributed by atoms with E-state index in [1.807, 2.05) is 0 Å². The molecule has 0 saturated carbocycles. The summed E-state index contributed by atoms with van der Waals surface area (Å²) in [6, 6.07) is 8.45. The van der Waals surface area contributed by atoms with Crippen LogP contribution in [0.5, 0.6) is 0 Å². The highest BCUT2D eigenvalue weighted by atomic mass is 79.9. The summed E-state index contributed by atoms with van der Waals surface area (Å²) in [5.41, 5.74) is -0.987.